The lowest BCUT2D eigenvalue weighted by Gasteiger charge is -2.30. The lowest BCUT2D eigenvalue weighted by Crippen LogP contribution is -2.36. The number of nitrogens with two attached hydrogens (primary N) is 1. The van der Waals surface area contributed by atoms with Crippen LogP contribution in [0, 0.1) is 5.92 Å². The highest BCUT2D eigenvalue weighted by Gasteiger charge is 2.20. The maximum Gasteiger partial charge on any atom is 0.244 e. The van der Waals surface area contributed by atoms with Crippen molar-refractivity contribution in [1.82, 2.24) is 15.2 Å². The third kappa shape index (κ3) is 3.63. The molecule has 0 atom stereocenters. The summed E-state index contributed by atoms with van der Waals surface area (Å²) in [6, 6.07) is 8.28. The number of hydrogen-bond acceptors (Lipinski definition) is 4. The Labute approximate surface area is 133 Å². The first-order valence-electron chi connectivity index (χ1n) is 7.35. The van der Waals surface area contributed by atoms with Gasteiger partial charge in [0.15, 0.2) is 0 Å². The van der Waals surface area contributed by atoms with Gasteiger partial charge in [-0.1, -0.05) is 28.1 Å². The molecule has 1 fully saturated rings. The number of piperidine rings is 1. The predicted octanol–water partition coefficient (Wildman–Crippen LogP) is 2.33. The van der Waals surface area contributed by atoms with Crippen molar-refractivity contribution < 1.29 is 0 Å². The molecule has 2 heterocycles. The second-order valence-corrected chi connectivity index (χ2v) is 6.47. The number of anilines is 1. The summed E-state index contributed by atoms with van der Waals surface area (Å²) in [7, 11) is 0. The molecule has 21 heavy (non-hydrogen) atoms. The van der Waals surface area contributed by atoms with Gasteiger partial charge in [-0.05, 0) is 43.0 Å². The monoisotopic (exact) mass is 349 g/mol. The zero-order valence-corrected chi connectivity index (χ0v) is 13.5. The van der Waals surface area contributed by atoms with Crippen LogP contribution in [0.15, 0.2) is 28.7 Å². The SMILES string of the molecule is NCC1CCN(c2n[nH]c(Cc3ccc(Br)cc3)n2)CC1. The highest BCUT2D eigenvalue weighted by Crippen LogP contribution is 2.20. The van der Waals surface area contributed by atoms with Crippen LogP contribution in [-0.2, 0) is 6.42 Å². The highest BCUT2D eigenvalue weighted by molar-refractivity contribution is 9.10. The van der Waals surface area contributed by atoms with Crippen LogP contribution in [-0.4, -0.2) is 34.8 Å². The van der Waals surface area contributed by atoms with Crippen molar-refractivity contribution in [2.24, 2.45) is 11.7 Å². The van der Waals surface area contributed by atoms with Gasteiger partial charge in [0.1, 0.15) is 5.82 Å². The maximum absolute atomic E-state index is 5.73. The van der Waals surface area contributed by atoms with E-state index in [9.17, 15) is 0 Å². The average Bonchev–Trinajstić information content (AvgIpc) is 2.98. The van der Waals surface area contributed by atoms with Crippen LogP contribution in [0.4, 0.5) is 5.95 Å². The first-order valence-corrected chi connectivity index (χ1v) is 8.14. The van der Waals surface area contributed by atoms with Crippen molar-refractivity contribution in [3.63, 3.8) is 0 Å². The number of H-pyrrole nitrogens is 1. The zero-order chi connectivity index (χ0) is 14.7. The van der Waals surface area contributed by atoms with Crippen molar-refractivity contribution in [3.8, 4) is 0 Å². The Morgan fingerprint density at radius 2 is 1.95 bits per heavy atom. The van der Waals surface area contributed by atoms with E-state index in [1.807, 2.05) is 12.1 Å². The molecular formula is C15H20BrN5. The summed E-state index contributed by atoms with van der Waals surface area (Å²) in [5.74, 6) is 2.38. The molecule has 1 aliphatic rings. The van der Waals surface area contributed by atoms with Crippen molar-refractivity contribution >= 4 is 21.9 Å². The van der Waals surface area contributed by atoms with Gasteiger partial charge < -0.3 is 10.6 Å². The molecule has 0 saturated carbocycles. The summed E-state index contributed by atoms with van der Waals surface area (Å²) in [6.07, 6.45) is 3.04. The van der Waals surface area contributed by atoms with E-state index < -0.39 is 0 Å². The lowest BCUT2D eigenvalue weighted by molar-refractivity contribution is 0.411. The van der Waals surface area contributed by atoms with E-state index in [0.29, 0.717) is 5.92 Å². The van der Waals surface area contributed by atoms with Crippen LogP contribution in [0.5, 0.6) is 0 Å². The number of nitrogens with zero attached hydrogens (tertiary/aromatic N) is 3. The molecule has 0 unspecified atom stereocenters. The second-order valence-electron chi connectivity index (χ2n) is 5.55. The summed E-state index contributed by atoms with van der Waals surface area (Å²) in [5, 5.41) is 7.41. The van der Waals surface area contributed by atoms with Gasteiger partial charge in [-0.3, -0.25) is 5.10 Å². The zero-order valence-electron chi connectivity index (χ0n) is 11.9. The Morgan fingerprint density at radius 3 is 2.62 bits per heavy atom. The molecule has 0 radical (unpaired) electrons. The number of aromatic nitrogens is 3. The molecule has 3 N–H and O–H groups in total. The quantitative estimate of drug-likeness (QED) is 0.888. The van der Waals surface area contributed by atoms with Crippen LogP contribution in [0.3, 0.4) is 0 Å². The third-order valence-electron chi connectivity index (χ3n) is 4.04. The smallest absolute Gasteiger partial charge is 0.244 e. The minimum absolute atomic E-state index is 0.655. The molecule has 5 nitrogen and oxygen atoms in total. The molecule has 112 valence electrons. The fourth-order valence-corrected chi connectivity index (χ4v) is 2.93. The van der Waals surface area contributed by atoms with Gasteiger partial charge in [0.05, 0.1) is 0 Å². The fourth-order valence-electron chi connectivity index (χ4n) is 2.67. The third-order valence-corrected chi connectivity index (χ3v) is 4.56. The number of halogens is 1. The summed E-state index contributed by atoms with van der Waals surface area (Å²) in [4.78, 5) is 6.86. The van der Waals surface area contributed by atoms with Crippen molar-refractivity contribution in [3.05, 3.63) is 40.1 Å². The first-order chi connectivity index (χ1) is 10.2. The standard InChI is InChI=1S/C15H20BrN5/c16-13-3-1-11(2-4-13)9-14-18-15(20-19-14)21-7-5-12(10-17)6-8-21/h1-4,12H,5-10,17H2,(H,18,19,20). The van der Waals surface area contributed by atoms with Crippen LogP contribution >= 0.6 is 15.9 Å². The van der Waals surface area contributed by atoms with Gasteiger partial charge in [0.2, 0.25) is 5.95 Å². The molecule has 0 aliphatic carbocycles. The number of benzene rings is 1. The Balaban J connectivity index is 1.62. The largest absolute Gasteiger partial charge is 0.340 e. The van der Waals surface area contributed by atoms with Crippen LogP contribution < -0.4 is 10.6 Å². The van der Waals surface area contributed by atoms with E-state index in [4.69, 9.17) is 5.73 Å². The summed E-state index contributed by atoms with van der Waals surface area (Å²) in [5.41, 5.74) is 6.95. The van der Waals surface area contributed by atoms with Gasteiger partial charge in [-0.15, -0.1) is 5.10 Å². The van der Waals surface area contributed by atoms with Gasteiger partial charge in [0.25, 0.3) is 0 Å². The van der Waals surface area contributed by atoms with Crippen molar-refractivity contribution in [2.75, 3.05) is 24.5 Å². The molecular weight excluding hydrogens is 330 g/mol. The molecule has 0 bridgehead atoms. The Bertz CT molecular complexity index is 572. The van der Waals surface area contributed by atoms with Crippen LogP contribution in [0.25, 0.3) is 0 Å². The molecule has 1 aliphatic heterocycles. The van der Waals surface area contributed by atoms with Crippen LogP contribution in [0.1, 0.15) is 24.2 Å². The maximum atomic E-state index is 5.73. The van der Waals surface area contributed by atoms with Gasteiger partial charge in [0, 0.05) is 24.0 Å². The number of hydrogen-bond donors (Lipinski definition) is 2. The summed E-state index contributed by atoms with van der Waals surface area (Å²) in [6.45, 7) is 2.78. The summed E-state index contributed by atoms with van der Waals surface area (Å²) >= 11 is 3.45. The Hall–Kier alpha value is -1.40. The minimum Gasteiger partial charge on any atom is -0.340 e. The highest BCUT2D eigenvalue weighted by atomic mass is 79.9. The predicted molar refractivity (Wildman–Crippen MR) is 87.3 cm³/mol. The molecule has 3 rings (SSSR count). The molecule has 1 aromatic carbocycles. The van der Waals surface area contributed by atoms with Crippen LogP contribution in [0.2, 0.25) is 0 Å². The Morgan fingerprint density at radius 1 is 1.24 bits per heavy atom. The van der Waals surface area contributed by atoms with Gasteiger partial charge >= 0.3 is 0 Å². The normalized spacial score (nSPS) is 16.4. The van der Waals surface area contributed by atoms with Crippen molar-refractivity contribution in [2.45, 2.75) is 19.3 Å². The van der Waals surface area contributed by atoms with E-state index in [2.05, 4.69) is 48.1 Å². The van der Waals surface area contributed by atoms with Gasteiger partial charge in [-0.25, -0.2) is 0 Å². The molecule has 1 saturated heterocycles. The van der Waals surface area contributed by atoms with E-state index in [-0.39, 0.29) is 0 Å². The number of aromatic amines is 1. The van der Waals surface area contributed by atoms with E-state index in [1.54, 1.807) is 0 Å². The minimum atomic E-state index is 0.655. The second kappa shape index (κ2) is 6.58. The van der Waals surface area contributed by atoms with Crippen molar-refractivity contribution in [1.29, 1.82) is 0 Å². The topological polar surface area (TPSA) is 70.8 Å². The molecule has 0 amide bonds. The van der Waals surface area contributed by atoms with E-state index in [0.717, 1.165) is 55.1 Å². The molecule has 1 aromatic heterocycles. The summed E-state index contributed by atoms with van der Waals surface area (Å²) < 4.78 is 1.09. The number of rotatable bonds is 4. The van der Waals surface area contributed by atoms with E-state index in [1.165, 1.54) is 5.56 Å². The van der Waals surface area contributed by atoms with Gasteiger partial charge in [-0.2, -0.15) is 4.98 Å². The Kier molecular flexibility index (Phi) is 4.55. The molecule has 2 aromatic rings. The fraction of sp³-hybridized carbons (Fsp3) is 0.467. The molecule has 6 heteroatoms. The first kappa shape index (κ1) is 14.5. The lowest BCUT2D eigenvalue weighted by atomic mass is 9.97. The number of nitrogens with one attached hydrogen (secondary N) is 1. The van der Waals surface area contributed by atoms with E-state index >= 15 is 0 Å². The average molecular weight is 350 g/mol. The molecule has 0 spiro atoms.